The average molecular weight is 536 g/mol. The van der Waals surface area contributed by atoms with E-state index in [9.17, 15) is 4.79 Å². The number of thiophene rings is 1. The number of carbonyl (C=O) groups is 1. The van der Waals surface area contributed by atoms with Crippen LogP contribution >= 0.6 is 11.3 Å². The summed E-state index contributed by atoms with van der Waals surface area (Å²) < 4.78 is 13.3. The van der Waals surface area contributed by atoms with Crippen molar-refractivity contribution in [2.75, 3.05) is 55.9 Å². The second-order valence-corrected chi connectivity index (χ2v) is 12.3. The third-order valence-corrected chi connectivity index (χ3v) is 8.63. The van der Waals surface area contributed by atoms with E-state index in [2.05, 4.69) is 59.4 Å². The van der Waals surface area contributed by atoms with Crippen molar-refractivity contribution in [2.45, 2.75) is 58.5 Å². The van der Waals surface area contributed by atoms with E-state index in [1.807, 2.05) is 37.3 Å². The zero-order valence-corrected chi connectivity index (χ0v) is 24.1. The van der Waals surface area contributed by atoms with Gasteiger partial charge in [0.15, 0.2) is 0 Å². The van der Waals surface area contributed by atoms with Crippen molar-refractivity contribution in [1.82, 2.24) is 4.90 Å². The van der Waals surface area contributed by atoms with Crippen LogP contribution in [-0.4, -0.2) is 63.0 Å². The third kappa shape index (κ3) is 6.00. The molecule has 38 heavy (non-hydrogen) atoms. The molecule has 0 aliphatic carbocycles. The molecule has 2 aliphatic heterocycles. The quantitative estimate of drug-likeness (QED) is 0.286. The lowest BCUT2D eigenvalue weighted by atomic mass is 9.77. The second kappa shape index (κ2) is 11.6. The first-order chi connectivity index (χ1) is 18.3. The van der Waals surface area contributed by atoms with Crippen LogP contribution in [0.25, 0.3) is 10.1 Å². The van der Waals surface area contributed by atoms with Crippen LogP contribution in [0.1, 0.15) is 52.5 Å². The first-order valence-electron chi connectivity index (χ1n) is 13.9. The summed E-state index contributed by atoms with van der Waals surface area (Å²) >= 11 is 1.82. The van der Waals surface area contributed by atoms with E-state index < -0.39 is 0 Å². The molecule has 0 N–H and O–H groups in total. The molecule has 1 aromatic heterocycles. The number of benzene rings is 2. The fraction of sp³-hybridized carbons (Fsp3) is 0.516. The van der Waals surface area contributed by atoms with Crippen molar-refractivity contribution in [3.63, 3.8) is 0 Å². The lowest BCUT2D eigenvalue weighted by Gasteiger charge is -2.38. The first kappa shape index (κ1) is 27.0. The number of ether oxygens (including phenoxy) is 2. The van der Waals surface area contributed by atoms with Gasteiger partial charge in [-0.2, -0.15) is 0 Å². The Bertz CT molecular complexity index is 1250. The number of carbonyl (C=O) groups excluding carboxylic acids is 1. The van der Waals surface area contributed by atoms with Crippen LogP contribution in [0.3, 0.4) is 0 Å². The smallest absolute Gasteiger partial charge is 0.229 e. The van der Waals surface area contributed by atoms with Gasteiger partial charge in [-0.05, 0) is 68.4 Å². The topological polar surface area (TPSA) is 45.2 Å². The first-order valence-corrected chi connectivity index (χ1v) is 14.8. The summed E-state index contributed by atoms with van der Waals surface area (Å²) in [6.07, 6.45) is 2.68. The van der Waals surface area contributed by atoms with Gasteiger partial charge in [-0.3, -0.25) is 14.6 Å². The molecule has 2 aromatic carbocycles. The maximum absolute atomic E-state index is 12.9. The fourth-order valence-electron chi connectivity index (χ4n) is 5.56. The summed E-state index contributed by atoms with van der Waals surface area (Å²) in [6, 6.07) is 15.1. The largest absolute Gasteiger partial charge is 0.494 e. The number of amides is 1. The van der Waals surface area contributed by atoms with Gasteiger partial charge in [0.2, 0.25) is 5.91 Å². The molecule has 6 nitrogen and oxygen atoms in total. The molecule has 1 amide bonds. The lowest BCUT2D eigenvalue weighted by molar-refractivity contribution is -0.121. The highest BCUT2D eigenvalue weighted by Crippen LogP contribution is 2.42. The molecule has 1 saturated heterocycles. The average Bonchev–Trinajstić information content (AvgIpc) is 3.37. The zero-order valence-electron chi connectivity index (χ0n) is 23.2. The molecule has 0 unspecified atom stereocenters. The number of hydrogen-bond donors (Lipinski definition) is 0. The van der Waals surface area contributed by atoms with Gasteiger partial charge in [-0.15, -0.1) is 11.3 Å². The van der Waals surface area contributed by atoms with Crippen molar-refractivity contribution >= 4 is 38.7 Å². The highest BCUT2D eigenvalue weighted by Gasteiger charge is 2.37. The van der Waals surface area contributed by atoms with Gasteiger partial charge >= 0.3 is 0 Å². The van der Waals surface area contributed by atoms with Crippen molar-refractivity contribution in [3.05, 3.63) is 53.4 Å². The summed E-state index contributed by atoms with van der Waals surface area (Å²) in [5.74, 6) is 0.924. The van der Waals surface area contributed by atoms with E-state index in [4.69, 9.17) is 9.47 Å². The van der Waals surface area contributed by atoms with E-state index in [0.717, 1.165) is 57.0 Å². The van der Waals surface area contributed by atoms with Crippen molar-refractivity contribution < 1.29 is 14.3 Å². The minimum atomic E-state index is -0.195. The normalized spacial score (nSPS) is 17.9. The molecule has 7 heteroatoms. The predicted octanol–water partition coefficient (Wildman–Crippen LogP) is 6.28. The van der Waals surface area contributed by atoms with E-state index in [1.165, 1.54) is 21.3 Å². The predicted molar refractivity (Wildman–Crippen MR) is 158 cm³/mol. The molecular weight excluding hydrogens is 494 g/mol. The fourth-order valence-corrected chi connectivity index (χ4v) is 6.37. The molecule has 1 fully saturated rings. The van der Waals surface area contributed by atoms with E-state index >= 15 is 0 Å². The van der Waals surface area contributed by atoms with Crippen LogP contribution in [0.4, 0.5) is 11.4 Å². The third-order valence-electron chi connectivity index (χ3n) is 7.74. The molecule has 0 atom stereocenters. The highest BCUT2D eigenvalue weighted by molar-refractivity contribution is 7.17. The number of nitrogens with zero attached hydrogens (tertiary/aromatic N) is 3. The van der Waals surface area contributed by atoms with Crippen molar-refractivity contribution in [2.24, 2.45) is 0 Å². The molecule has 0 radical (unpaired) electrons. The molecule has 0 spiro atoms. The molecule has 0 saturated carbocycles. The Morgan fingerprint density at radius 3 is 2.61 bits per heavy atom. The van der Waals surface area contributed by atoms with Crippen molar-refractivity contribution in [3.8, 4) is 5.75 Å². The summed E-state index contributed by atoms with van der Waals surface area (Å²) in [5, 5.41) is 3.57. The minimum absolute atomic E-state index is 0.0684. The lowest BCUT2D eigenvalue weighted by Crippen LogP contribution is -2.46. The highest BCUT2D eigenvalue weighted by atomic mass is 32.1. The number of anilines is 2. The Morgan fingerprint density at radius 1 is 1.00 bits per heavy atom. The Labute approximate surface area is 231 Å². The van der Waals surface area contributed by atoms with Crippen LogP contribution in [0.5, 0.6) is 5.75 Å². The monoisotopic (exact) mass is 535 g/mol. The van der Waals surface area contributed by atoms with Gasteiger partial charge < -0.3 is 14.4 Å². The zero-order chi connectivity index (χ0) is 26.7. The second-order valence-electron chi connectivity index (χ2n) is 11.4. The molecule has 3 aromatic rings. The van der Waals surface area contributed by atoms with Gasteiger partial charge in [-0.25, -0.2) is 0 Å². The van der Waals surface area contributed by atoms with Gasteiger partial charge in [0.25, 0.3) is 0 Å². The maximum atomic E-state index is 12.9. The van der Waals surface area contributed by atoms with Gasteiger partial charge in [0.05, 0.1) is 18.4 Å². The Hall–Kier alpha value is -2.61. The van der Waals surface area contributed by atoms with Gasteiger partial charge in [-0.1, -0.05) is 26.0 Å². The number of rotatable bonds is 10. The minimum Gasteiger partial charge on any atom is -0.494 e. The van der Waals surface area contributed by atoms with Crippen LogP contribution in [0.2, 0.25) is 0 Å². The van der Waals surface area contributed by atoms with Crippen molar-refractivity contribution in [1.29, 1.82) is 0 Å². The number of hydrogen-bond acceptors (Lipinski definition) is 6. The van der Waals surface area contributed by atoms with Gasteiger partial charge in [0, 0.05) is 59.9 Å². The number of piperazine rings is 1. The Kier molecular flexibility index (Phi) is 8.26. The van der Waals surface area contributed by atoms with Crippen LogP contribution < -0.4 is 14.5 Å². The van der Waals surface area contributed by atoms with Crippen LogP contribution in [-0.2, 0) is 14.9 Å². The Balaban J connectivity index is 1.09. The standard InChI is InChI=1S/C31H41N3O3S/c1-23(2)37-22-34-28-20-24(10-11-26(28)31(3,4)21-30(34)35)36-18-6-5-13-32-14-16-33(17-15-32)27-8-7-9-29-25(27)12-19-38-29/h7-12,19-20,23H,5-6,13-18,21-22H2,1-4H3. The Morgan fingerprint density at radius 2 is 1.82 bits per heavy atom. The summed E-state index contributed by atoms with van der Waals surface area (Å²) in [4.78, 5) is 19.8. The molecule has 3 heterocycles. The van der Waals surface area contributed by atoms with Gasteiger partial charge in [0.1, 0.15) is 12.5 Å². The van der Waals surface area contributed by atoms with E-state index in [0.29, 0.717) is 13.0 Å². The molecule has 0 bridgehead atoms. The summed E-state index contributed by atoms with van der Waals surface area (Å²) in [7, 11) is 0. The number of unbranched alkanes of at least 4 members (excludes halogenated alkanes) is 1. The maximum Gasteiger partial charge on any atom is 0.229 e. The molecule has 204 valence electrons. The van der Waals surface area contributed by atoms with E-state index in [-0.39, 0.29) is 24.2 Å². The molecular formula is C31H41N3O3S. The van der Waals surface area contributed by atoms with Crippen LogP contribution in [0, 0.1) is 0 Å². The molecule has 2 aliphatic rings. The SMILES string of the molecule is CC(C)OCN1C(=O)CC(C)(C)c2ccc(OCCCCN3CCN(c4cccc5sccc45)CC3)cc21. The number of fused-ring (bicyclic) bond motifs is 2. The van der Waals surface area contributed by atoms with Crippen LogP contribution in [0.15, 0.2) is 47.8 Å². The van der Waals surface area contributed by atoms with E-state index in [1.54, 1.807) is 4.90 Å². The summed E-state index contributed by atoms with van der Waals surface area (Å²) in [5.41, 5.74) is 3.27. The molecule has 5 rings (SSSR count). The summed E-state index contributed by atoms with van der Waals surface area (Å²) in [6.45, 7) is 14.7.